The van der Waals surface area contributed by atoms with E-state index in [4.69, 9.17) is 0 Å². The topological polar surface area (TPSA) is 0 Å². The minimum absolute atomic E-state index is 0.527. The molecule has 42 heavy (non-hydrogen) atoms. The van der Waals surface area contributed by atoms with Crippen LogP contribution in [0.4, 0.5) is 0 Å². The van der Waals surface area contributed by atoms with Gasteiger partial charge in [-0.05, 0) is 107 Å². The number of aryl methyl sites for hydroxylation is 4. The molecule has 0 fully saturated rings. The number of rotatable bonds is 14. The standard InChI is InChI=1S/C40H48.C2H6/c1-6-32-11-13-36(14-12-32)21-28-40(29-31(5)38-24-17-34(8-3)18-25-38)39-26-19-35(20-27-39)10-9-30(4)37-22-15-33(7-2)16-23-37;1-2/h6,11-20,22-27,30-31,40H,1,7-10,21,28-29H2,2-5H3;1-2H3. The first-order valence-corrected chi connectivity index (χ1v) is 16.5. The van der Waals surface area contributed by atoms with Crippen LogP contribution in [0.15, 0.2) is 104 Å². The van der Waals surface area contributed by atoms with E-state index < -0.39 is 0 Å². The van der Waals surface area contributed by atoms with Crippen molar-refractivity contribution in [3.8, 4) is 0 Å². The Morgan fingerprint density at radius 2 is 0.929 bits per heavy atom. The molecule has 0 aromatic heterocycles. The fourth-order valence-electron chi connectivity index (χ4n) is 5.81. The second-order valence-corrected chi connectivity index (χ2v) is 11.7. The fourth-order valence-corrected chi connectivity index (χ4v) is 5.81. The first kappa shape index (κ1) is 33.1. The zero-order chi connectivity index (χ0) is 30.3. The summed E-state index contributed by atoms with van der Waals surface area (Å²) in [4.78, 5) is 0. The van der Waals surface area contributed by atoms with E-state index in [2.05, 4.69) is 131 Å². The van der Waals surface area contributed by atoms with E-state index in [1.165, 1.54) is 57.3 Å². The maximum atomic E-state index is 3.90. The van der Waals surface area contributed by atoms with Crippen LogP contribution in [0.25, 0.3) is 6.08 Å². The Morgan fingerprint density at radius 1 is 0.524 bits per heavy atom. The molecule has 3 unspecified atom stereocenters. The maximum Gasteiger partial charge on any atom is -0.0153 e. The summed E-state index contributed by atoms with van der Waals surface area (Å²) in [5.74, 6) is 1.63. The summed E-state index contributed by atoms with van der Waals surface area (Å²) in [5.41, 5.74) is 11.3. The van der Waals surface area contributed by atoms with Crippen LogP contribution in [0.1, 0.15) is 123 Å². The Bertz CT molecular complexity index is 1290. The number of hydrogen-bond donors (Lipinski definition) is 0. The molecular weight excluding hydrogens is 504 g/mol. The summed E-state index contributed by atoms with van der Waals surface area (Å²) in [6, 6.07) is 37.0. The Kier molecular flexibility index (Phi) is 13.8. The summed E-state index contributed by atoms with van der Waals surface area (Å²) in [6.45, 7) is 17.1. The third kappa shape index (κ3) is 9.87. The lowest BCUT2D eigenvalue weighted by Gasteiger charge is -2.23. The Morgan fingerprint density at radius 3 is 1.40 bits per heavy atom. The van der Waals surface area contributed by atoms with Crippen molar-refractivity contribution in [2.24, 2.45) is 0 Å². The van der Waals surface area contributed by atoms with E-state index in [1.54, 1.807) is 0 Å². The molecule has 4 rings (SSSR count). The molecule has 0 heterocycles. The van der Waals surface area contributed by atoms with Crippen LogP contribution in [0.3, 0.4) is 0 Å². The molecule has 3 atom stereocenters. The van der Waals surface area contributed by atoms with Gasteiger partial charge in [0.25, 0.3) is 0 Å². The molecular formula is C42H54. The predicted octanol–water partition coefficient (Wildman–Crippen LogP) is 12.1. The molecule has 4 aromatic rings. The SMILES string of the molecule is C=Cc1ccc(CCC(CC(C)c2ccc(CC)cc2)c2ccc(CCC(C)c3ccc(CC)cc3)cc2)cc1.CC. The second kappa shape index (κ2) is 17.5. The van der Waals surface area contributed by atoms with Crippen molar-refractivity contribution in [1.82, 2.24) is 0 Å². The lowest BCUT2D eigenvalue weighted by Crippen LogP contribution is -2.07. The molecule has 0 saturated carbocycles. The van der Waals surface area contributed by atoms with Gasteiger partial charge in [0.05, 0.1) is 0 Å². The molecule has 0 radical (unpaired) electrons. The zero-order valence-corrected chi connectivity index (χ0v) is 27.2. The van der Waals surface area contributed by atoms with Crippen LogP contribution in [0, 0.1) is 0 Å². The van der Waals surface area contributed by atoms with Crippen molar-refractivity contribution in [3.63, 3.8) is 0 Å². The molecule has 4 aromatic carbocycles. The van der Waals surface area contributed by atoms with E-state index in [9.17, 15) is 0 Å². The van der Waals surface area contributed by atoms with E-state index in [0.717, 1.165) is 32.1 Å². The van der Waals surface area contributed by atoms with Gasteiger partial charge in [0.15, 0.2) is 0 Å². The van der Waals surface area contributed by atoms with Gasteiger partial charge in [-0.1, -0.05) is 151 Å². The van der Waals surface area contributed by atoms with Crippen molar-refractivity contribution in [2.75, 3.05) is 0 Å². The van der Waals surface area contributed by atoms with Crippen LogP contribution in [0.5, 0.6) is 0 Å². The first-order valence-electron chi connectivity index (χ1n) is 16.5. The van der Waals surface area contributed by atoms with Crippen molar-refractivity contribution in [3.05, 3.63) is 148 Å². The van der Waals surface area contributed by atoms with Gasteiger partial charge in [-0.25, -0.2) is 0 Å². The molecule has 0 saturated heterocycles. The molecule has 0 amide bonds. The number of hydrogen-bond acceptors (Lipinski definition) is 0. The van der Waals surface area contributed by atoms with Crippen LogP contribution in [-0.2, 0) is 25.7 Å². The lowest BCUT2D eigenvalue weighted by molar-refractivity contribution is 0.525. The fraction of sp³-hybridized carbons (Fsp3) is 0.381. The second-order valence-electron chi connectivity index (χ2n) is 11.7. The monoisotopic (exact) mass is 558 g/mol. The number of benzene rings is 4. The summed E-state index contributed by atoms with van der Waals surface area (Å²) in [5, 5.41) is 0. The molecule has 0 heteroatoms. The molecule has 0 aliphatic heterocycles. The summed E-state index contributed by atoms with van der Waals surface area (Å²) in [6.07, 6.45) is 9.85. The maximum absolute atomic E-state index is 3.90. The Labute approximate surface area is 257 Å². The molecule has 0 aliphatic rings. The van der Waals surface area contributed by atoms with Gasteiger partial charge in [-0.2, -0.15) is 0 Å². The Hall–Kier alpha value is -3.38. The first-order chi connectivity index (χ1) is 20.5. The smallest absolute Gasteiger partial charge is 0.0153 e. The van der Waals surface area contributed by atoms with Crippen molar-refractivity contribution < 1.29 is 0 Å². The van der Waals surface area contributed by atoms with Gasteiger partial charge in [-0.3, -0.25) is 0 Å². The molecule has 222 valence electrons. The average Bonchev–Trinajstić information content (AvgIpc) is 3.07. The van der Waals surface area contributed by atoms with Gasteiger partial charge in [-0.15, -0.1) is 0 Å². The van der Waals surface area contributed by atoms with Gasteiger partial charge >= 0.3 is 0 Å². The van der Waals surface area contributed by atoms with E-state index in [-0.39, 0.29) is 0 Å². The van der Waals surface area contributed by atoms with Gasteiger partial charge in [0.2, 0.25) is 0 Å². The molecule has 0 aliphatic carbocycles. The Balaban J connectivity index is 0.00000237. The summed E-state index contributed by atoms with van der Waals surface area (Å²) in [7, 11) is 0. The summed E-state index contributed by atoms with van der Waals surface area (Å²) < 4.78 is 0. The zero-order valence-electron chi connectivity index (χ0n) is 27.2. The predicted molar refractivity (Wildman–Crippen MR) is 187 cm³/mol. The van der Waals surface area contributed by atoms with Crippen molar-refractivity contribution >= 4 is 6.08 Å². The third-order valence-electron chi connectivity index (χ3n) is 8.87. The van der Waals surface area contributed by atoms with Crippen molar-refractivity contribution in [1.29, 1.82) is 0 Å². The quantitative estimate of drug-likeness (QED) is 0.144. The van der Waals surface area contributed by atoms with Gasteiger partial charge in [0.1, 0.15) is 0 Å². The van der Waals surface area contributed by atoms with E-state index in [0.29, 0.717) is 17.8 Å². The highest BCUT2D eigenvalue weighted by molar-refractivity contribution is 5.47. The van der Waals surface area contributed by atoms with E-state index >= 15 is 0 Å². The van der Waals surface area contributed by atoms with Crippen LogP contribution >= 0.6 is 0 Å². The minimum atomic E-state index is 0.527. The highest BCUT2D eigenvalue weighted by atomic mass is 14.2. The normalized spacial score (nSPS) is 13.0. The molecule has 0 spiro atoms. The van der Waals surface area contributed by atoms with E-state index in [1.807, 2.05) is 19.9 Å². The molecule has 0 bridgehead atoms. The molecule has 0 N–H and O–H groups in total. The largest absolute Gasteiger partial charge is 0.0985 e. The van der Waals surface area contributed by atoms with Gasteiger partial charge < -0.3 is 0 Å². The van der Waals surface area contributed by atoms with Crippen LogP contribution in [-0.4, -0.2) is 0 Å². The van der Waals surface area contributed by atoms with Gasteiger partial charge in [0, 0.05) is 0 Å². The van der Waals surface area contributed by atoms with Crippen molar-refractivity contribution in [2.45, 2.75) is 104 Å². The third-order valence-corrected chi connectivity index (χ3v) is 8.87. The minimum Gasteiger partial charge on any atom is -0.0985 e. The van der Waals surface area contributed by atoms with Crippen LogP contribution in [0.2, 0.25) is 0 Å². The lowest BCUT2D eigenvalue weighted by atomic mass is 9.82. The van der Waals surface area contributed by atoms with Crippen LogP contribution < -0.4 is 0 Å². The summed E-state index contributed by atoms with van der Waals surface area (Å²) >= 11 is 0. The average molecular weight is 559 g/mol. The molecule has 0 nitrogen and oxygen atoms in total. The highest BCUT2D eigenvalue weighted by Crippen LogP contribution is 2.34. The highest BCUT2D eigenvalue weighted by Gasteiger charge is 2.17.